The van der Waals surface area contributed by atoms with E-state index in [1.165, 1.54) is 0 Å². The number of sulfonamides is 2. The Morgan fingerprint density at radius 1 is 1.18 bits per heavy atom. The quantitative estimate of drug-likeness (QED) is 0.755. The topological polar surface area (TPSA) is 83.6 Å². The summed E-state index contributed by atoms with van der Waals surface area (Å²) in [5.41, 5.74) is -0.335. The molecule has 0 heterocycles. The highest BCUT2D eigenvalue weighted by molar-refractivity contribution is 7.92. The van der Waals surface area contributed by atoms with Crippen LogP contribution in [0.4, 0.5) is 14.5 Å². The fraction of sp³-hybridized carbons (Fsp3) is 0.500. The SMILES string of the molecule is CCCS(=O)(=O)NCCN(c1ccc(F)cc1F)S(C)(=O)=O. The van der Waals surface area contributed by atoms with Gasteiger partial charge in [0.2, 0.25) is 20.0 Å². The zero-order valence-corrected chi connectivity index (χ0v) is 13.8. The van der Waals surface area contributed by atoms with Gasteiger partial charge in [-0.2, -0.15) is 0 Å². The Labute approximate surface area is 129 Å². The highest BCUT2D eigenvalue weighted by atomic mass is 32.2. The zero-order chi connectivity index (χ0) is 17.0. The van der Waals surface area contributed by atoms with E-state index in [1.807, 2.05) is 0 Å². The lowest BCUT2D eigenvalue weighted by Crippen LogP contribution is -2.39. The van der Waals surface area contributed by atoms with Crippen molar-refractivity contribution in [3.63, 3.8) is 0 Å². The number of hydrogen-bond donors (Lipinski definition) is 1. The summed E-state index contributed by atoms with van der Waals surface area (Å²) < 4.78 is 76.0. The maximum absolute atomic E-state index is 13.7. The number of rotatable bonds is 8. The van der Waals surface area contributed by atoms with Gasteiger partial charge in [0.1, 0.15) is 11.6 Å². The molecule has 1 rings (SSSR count). The van der Waals surface area contributed by atoms with Gasteiger partial charge in [0, 0.05) is 19.2 Å². The van der Waals surface area contributed by atoms with Crippen LogP contribution in [0.2, 0.25) is 0 Å². The molecule has 126 valence electrons. The molecule has 0 aromatic heterocycles. The molecule has 0 fully saturated rings. The predicted octanol–water partition coefficient (Wildman–Crippen LogP) is 1.06. The summed E-state index contributed by atoms with van der Waals surface area (Å²) in [6.07, 6.45) is 1.27. The smallest absolute Gasteiger partial charge is 0.232 e. The van der Waals surface area contributed by atoms with E-state index in [2.05, 4.69) is 4.72 Å². The summed E-state index contributed by atoms with van der Waals surface area (Å²) in [6, 6.07) is 2.48. The lowest BCUT2D eigenvalue weighted by molar-refractivity contribution is 0.570. The molecule has 0 bridgehead atoms. The Kier molecular flexibility index (Phi) is 6.27. The van der Waals surface area contributed by atoms with E-state index in [0.717, 1.165) is 18.4 Å². The molecule has 0 aliphatic rings. The monoisotopic (exact) mass is 356 g/mol. The maximum atomic E-state index is 13.7. The minimum Gasteiger partial charge on any atom is -0.266 e. The van der Waals surface area contributed by atoms with Crippen molar-refractivity contribution < 1.29 is 25.6 Å². The maximum Gasteiger partial charge on any atom is 0.232 e. The van der Waals surface area contributed by atoms with Gasteiger partial charge < -0.3 is 0 Å². The van der Waals surface area contributed by atoms with Gasteiger partial charge in [0.15, 0.2) is 0 Å². The molecule has 1 aromatic carbocycles. The Hall–Kier alpha value is -1.26. The van der Waals surface area contributed by atoms with Gasteiger partial charge in [-0.25, -0.2) is 30.3 Å². The zero-order valence-electron chi connectivity index (χ0n) is 12.2. The Morgan fingerprint density at radius 3 is 2.32 bits per heavy atom. The number of halogens is 2. The molecule has 0 atom stereocenters. The molecule has 0 spiro atoms. The molecular formula is C12H18F2N2O4S2. The van der Waals surface area contributed by atoms with Gasteiger partial charge in [-0.3, -0.25) is 4.31 Å². The molecule has 22 heavy (non-hydrogen) atoms. The third kappa shape index (κ3) is 5.50. The Morgan fingerprint density at radius 2 is 1.82 bits per heavy atom. The van der Waals surface area contributed by atoms with Crippen LogP contribution in [0.15, 0.2) is 18.2 Å². The molecule has 0 saturated heterocycles. The number of benzene rings is 1. The van der Waals surface area contributed by atoms with Crippen molar-refractivity contribution in [2.75, 3.05) is 29.4 Å². The molecule has 1 N–H and O–H groups in total. The van der Waals surface area contributed by atoms with Crippen LogP contribution in [0.5, 0.6) is 0 Å². The minimum atomic E-state index is -3.85. The third-order valence-corrected chi connectivity index (χ3v) is 5.46. The van der Waals surface area contributed by atoms with Crippen LogP contribution < -0.4 is 9.03 Å². The van der Waals surface area contributed by atoms with Crippen LogP contribution in [-0.4, -0.2) is 41.9 Å². The lowest BCUT2D eigenvalue weighted by Gasteiger charge is -2.23. The molecular weight excluding hydrogens is 338 g/mol. The first-order valence-corrected chi connectivity index (χ1v) is 9.97. The highest BCUT2D eigenvalue weighted by Gasteiger charge is 2.21. The number of nitrogens with one attached hydrogen (secondary N) is 1. The lowest BCUT2D eigenvalue weighted by atomic mass is 10.3. The normalized spacial score (nSPS) is 12.4. The summed E-state index contributed by atoms with van der Waals surface area (Å²) in [7, 11) is -7.34. The first kappa shape index (κ1) is 18.8. The second-order valence-corrected chi connectivity index (χ2v) is 8.48. The molecule has 0 saturated carbocycles. The molecule has 0 unspecified atom stereocenters. The molecule has 6 nitrogen and oxygen atoms in total. The average Bonchev–Trinajstić information content (AvgIpc) is 2.34. The molecule has 0 aliphatic heterocycles. The molecule has 10 heteroatoms. The van der Waals surface area contributed by atoms with Gasteiger partial charge >= 0.3 is 0 Å². The molecule has 0 radical (unpaired) electrons. The molecule has 0 aliphatic carbocycles. The van der Waals surface area contributed by atoms with Crippen LogP contribution in [0.3, 0.4) is 0 Å². The number of nitrogens with zero attached hydrogens (tertiary/aromatic N) is 1. The van der Waals surface area contributed by atoms with Crippen LogP contribution in [0.25, 0.3) is 0 Å². The van der Waals surface area contributed by atoms with E-state index < -0.39 is 31.7 Å². The van der Waals surface area contributed by atoms with Crippen molar-refractivity contribution in [3.8, 4) is 0 Å². The Balaban J connectivity index is 2.93. The standard InChI is InChI=1S/C12H18F2N2O4S2/c1-3-8-22(19,20)15-6-7-16(21(2,17)18)12-5-4-10(13)9-11(12)14/h4-5,9,15H,3,6-8H2,1-2H3. The van der Waals surface area contributed by atoms with Crippen LogP contribution >= 0.6 is 0 Å². The predicted molar refractivity (Wildman–Crippen MR) is 80.6 cm³/mol. The van der Waals surface area contributed by atoms with Gasteiger partial charge in [-0.15, -0.1) is 0 Å². The van der Waals surface area contributed by atoms with Crippen molar-refractivity contribution in [3.05, 3.63) is 29.8 Å². The van der Waals surface area contributed by atoms with Crippen molar-refractivity contribution in [2.24, 2.45) is 0 Å². The number of anilines is 1. The van der Waals surface area contributed by atoms with Gasteiger partial charge in [0.05, 0.1) is 17.7 Å². The van der Waals surface area contributed by atoms with Crippen LogP contribution in [-0.2, 0) is 20.0 Å². The van der Waals surface area contributed by atoms with Crippen LogP contribution in [0, 0.1) is 11.6 Å². The van der Waals surface area contributed by atoms with Crippen LogP contribution in [0.1, 0.15) is 13.3 Å². The summed E-state index contributed by atoms with van der Waals surface area (Å²) in [5.74, 6) is -1.96. The van der Waals surface area contributed by atoms with E-state index in [4.69, 9.17) is 0 Å². The summed E-state index contributed by atoms with van der Waals surface area (Å²) in [4.78, 5) is 0. The fourth-order valence-corrected chi connectivity index (χ4v) is 3.80. The van der Waals surface area contributed by atoms with Gasteiger partial charge in [-0.05, 0) is 18.6 Å². The van der Waals surface area contributed by atoms with Crippen molar-refractivity contribution >= 4 is 25.7 Å². The van der Waals surface area contributed by atoms with Crippen molar-refractivity contribution in [2.45, 2.75) is 13.3 Å². The molecule has 0 amide bonds. The summed E-state index contributed by atoms with van der Waals surface area (Å²) in [6.45, 7) is 1.17. The average molecular weight is 356 g/mol. The minimum absolute atomic E-state index is 0.0865. The van der Waals surface area contributed by atoms with E-state index in [9.17, 15) is 25.6 Å². The van der Waals surface area contributed by atoms with E-state index in [-0.39, 0.29) is 24.5 Å². The van der Waals surface area contributed by atoms with Crippen molar-refractivity contribution in [1.29, 1.82) is 0 Å². The molecule has 1 aromatic rings. The van der Waals surface area contributed by atoms with Crippen molar-refractivity contribution in [1.82, 2.24) is 4.72 Å². The van der Waals surface area contributed by atoms with E-state index in [0.29, 0.717) is 16.8 Å². The van der Waals surface area contributed by atoms with Gasteiger partial charge in [-0.1, -0.05) is 6.92 Å². The van der Waals surface area contributed by atoms with E-state index in [1.54, 1.807) is 6.92 Å². The first-order valence-electron chi connectivity index (χ1n) is 6.47. The second kappa shape index (κ2) is 7.34. The third-order valence-electron chi connectivity index (χ3n) is 2.69. The summed E-state index contributed by atoms with van der Waals surface area (Å²) in [5, 5.41) is 0. The van der Waals surface area contributed by atoms with Gasteiger partial charge in [0.25, 0.3) is 0 Å². The largest absolute Gasteiger partial charge is 0.266 e. The number of hydrogen-bond acceptors (Lipinski definition) is 4. The summed E-state index contributed by atoms with van der Waals surface area (Å²) >= 11 is 0. The highest BCUT2D eigenvalue weighted by Crippen LogP contribution is 2.22. The van der Waals surface area contributed by atoms with E-state index >= 15 is 0 Å². The fourth-order valence-electron chi connectivity index (χ4n) is 1.79. The first-order chi connectivity index (χ1) is 10.1. The Bertz CT molecular complexity index is 721. The second-order valence-electron chi connectivity index (χ2n) is 4.64.